The molecule has 0 aliphatic carbocycles. The minimum absolute atomic E-state index is 0.0458. The number of Topliss-reactive ketones (excluding diaryl/α,β-unsaturated/α-hetero) is 1. The first-order valence-corrected chi connectivity index (χ1v) is 10.3. The average Bonchev–Trinajstić information content (AvgIpc) is 3.12. The molecule has 0 aliphatic heterocycles. The lowest BCUT2D eigenvalue weighted by Crippen LogP contribution is -2.10. The average molecular weight is 413 g/mol. The summed E-state index contributed by atoms with van der Waals surface area (Å²) in [6.07, 6.45) is 0. The predicted molar refractivity (Wildman–Crippen MR) is 112 cm³/mol. The van der Waals surface area contributed by atoms with Gasteiger partial charge in [-0.25, -0.2) is 4.98 Å². The molecule has 4 nitrogen and oxygen atoms in total. The number of carbonyl (C=O) groups excluding carboxylic acids is 1. The summed E-state index contributed by atoms with van der Waals surface area (Å²) >= 11 is 8.49. The maximum atomic E-state index is 12.6. The Morgan fingerprint density at radius 3 is 2.59 bits per heavy atom. The Labute approximate surface area is 168 Å². The number of carbonyl (C=O) groups is 1. The van der Waals surface area contributed by atoms with Crippen LogP contribution in [-0.2, 0) is 0 Å². The van der Waals surface area contributed by atoms with Crippen molar-refractivity contribution in [1.82, 2.24) is 9.97 Å². The molecule has 0 unspecified atom stereocenters. The van der Waals surface area contributed by atoms with E-state index >= 15 is 0 Å². The van der Waals surface area contributed by atoms with E-state index in [4.69, 9.17) is 11.6 Å². The molecule has 7 heteroatoms. The minimum Gasteiger partial charge on any atom is -0.301 e. The second-order valence-electron chi connectivity index (χ2n) is 5.79. The molecule has 0 saturated heterocycles. The van der Waals surface area contributed by atoms with Crippen LogP contribution in [-0.4, -0.2) is 21.5 Å². The van der Waals surface area contributed by atoms with Gasteiger partial charge in [-0.15, -0.1) is 11.3 Å². The van der Waals surface area contributed by atoms with Crippen LogP contribution < -0.4 is 5.56 Å². The molecular weight excluding hydrogens is 400 g/mol. The van der Waals surface area contributed by atoms with E-state index in [-0.39, 0.29) is 17.1 Å². The van der Waals surface area contributed by atoms with Crippen molar-refractivity contribution in [2.24, 2.45) is 0 Å². The number of nitrogens with zero attached hydrogens (tertiary/aromatic N) is 1. The van der Waals surface area contributed by atoms with Crippen LogP contribution in [0.1, 0.15) is 10.4 Å². The summed E-state index contributed by atoms with van der Waals surface area (Å²) in [5.74, 6) is 0.142. The van der Waals surface area contributed by atoms with Gasteiger partial charge in [0.1, 0.15) is 4.83 Å². The summed E-state index contributed by atoms with van der Waals surface area (Å²) in [7, 11) is 0. The second-order valence-corrected chi connectivity index (χ2v) is 8.04. The van der Waals surface area contributed by atoms with Gasteiger partial charge in [-0.3, -0.25) is 9.59 Å². The van der Waals surface area contributed by atoms with E-state index in [0.29, 0.717) is 26.0 Å². The third kappa shape index (κ3) is 3.83. The number of fused-ring (bicyclic) bond motifs is 1. The van der Waals surface area contributed by atoms with Crippen LogP contribution in [0.2, 0.25) is 5.02 Å². The first-order valence-electron chi connectivity index (χ1n) is 8.10. The molecule has 0 amide bonds. The number of halogens is 1. The van der Waals surface area contributed by atoms with Crippen molar-refractivity contribution in [2.75, 3.05) is 5.75 Å². The van der Waals surface area contributed by atoms with E-state index in [1.807, 2.05) is 35.7 Å². The fraction of sp³-hybridized carbons (Fsp3) is 0.0500. The SMILES string of the molecule is O=C(CSc1nc2scc(-c3ccccc3)c2c(=O)[nH]1)c1ccc(Cl)cc1. The maximum absolute atomic E-state index is 12.6. The lowest BCUT2D eigenvalue weighted by Gasteiger charge is -2.03. The molecule has 2 aromatic carbocycles. The molecule has 0 fully saturated rings. The summed E-state index contributed by atoms with van der Waals surface area (Å²) in [5.41, 5.74) is 2.24. The third-order valence-corrected chi connectivity index (χ3v) is 6.01. The highest BCUT2D eigenvalue weighted by atomic mass is 35.5. The van der Waals surface area contributed by atoms with Gasteiger partial charge >= 0.3 is 0 Å². The van der Waals surface area contributed by atoms with Crippen LogP contribution in [0.5, 0.6) is 0 Å². The number of aromatic nitrogens is 2. The zero-order valence-electron chi connectivity index (χ0n) is 13.9. The van der Waals surface area contributed by atoms with Crippen molar-refractivity contribution >= 4 is 50.7 Å². The van der Waals surface area contributed by atoms with Gasteiger partial charge in [0.15, 0.2) is 10.9 Å². The number of H-pyrrole nitrogens is 1. The van der Waals surface area contributed by atoms with Crippen molar-refractivity contribution in [3.05, 3.63) is 80.9 Å². The quantitative estimate of drug-likeness (QED) is 0.275. The van der Waals surface area contributed by atoms with Crippen molar-refractivity contribution in [3.63, 3.8) is 0 Å². The number of hydrogen-bond acceptors (Lipinski definition) is 5. The fourth-order valence-corrected chi connectivity index (χ4v) is 4.57. The Morgan fingerprint density at radius 2 is 1.85 bits per heavy atom. The molecule has 4 rings (SSSR count). The minimum atomic E-state index is -0.193. The lowest BCUT2D eigenvalue weighted by atomic mass is 10.1. The van der Waals surface area contributed by atoms with Gasteiger partial charge in [-0.05, 0) is 29.8 Å². The molecular formula is C20H13ClN2O2S2. The number of ketones is 1. The molecule has 0 spiro atoms. The van der Waals surface area contributed by atoms with Crippen LogP contribution in [0.3, 0.4) is 0 Å². The lowest BCUT2D eigenvalue weighted by molar-refractivity contribution is 0.102. The molecule has 0 bridgehead atoms. The fourth-order valence-electron chi connectivity index (χ4n) is 2.68. The van der Waals surface area contributed by atoms with Crippen LogP contribution >= 0.6 is 34.7 Å². The maximum Gasteiger partial charge on any atom is 0.260 e. The van der Waals surface area contributed by atoms with Crippen LogP contribution in [0.4, 0.5) is 0 Å². The standard InChI is InChI=1S/C20H13ClN2O2S2/c21-14-8-6-13(7-9-14)16(24)11-27-20-22-18(25)17-15(10-26-19(17)23-20)12-4-2-1-3-5-12/h1-10H,11H2,(H,22,23,25). The Balaban J connectivity index is 1.58. The van der Waals surface area contributed by atoms with Gasteiger partial charge < -0.3 is 4.98 Å². The topological polar surface area (TPSA) is 62.8 Å². The summed E-state index contributed by atoms with van der Waals surface area (Å²) in [6.45, 7) is 0. The van der Waals surface area contributed by atoms with Crippen molar-refractivity contribution in [2.45, 2.75) is 5.16 Å². The summed E-state index contributed by atoms with van der Waals surface area (Å²) in [4.78, 5) is 32.9. The highest BCUT2D eigenvalue weighted by Gasteiger charge is 2.14. The summed E-state index contributed by atoms with van der Waals surface area (Å²) < 4.78 is 0. The summed E-state index contributed by atoms with van der Waals surface area (Å²) in [6, 6.07) is 16.5. The zero-order chi connectivity index (χ0) is 18.8. The predicted octanol–water partition coefficient (Wildman–Crippen LogP) is 5.28. The first kappa shape index (κ1) is 18.0. The van der Waals surface area contributed by atoms with Gasteiger partial charge in [0.25, 0.3) is 5.56 Å². The smallest absolute Gasteiger partial charge is 0.260 e. The van der Waals surface area contributed by atoms with Gasteiger partial charge in [0, 0.05) is 21.5 Å². The van der Waals surface area contributed by atoms with Crippen LogP contribution in [0, 0.1) is 0 Å². The van der Waals surface area contributed by atoms with E-state index < -0.39 is 0 Å². The highest BCUT2D eigenvalue weighted by molar-refractivity contribution is 7.99. The largest absolute Gasteiger partial charge is 0.301 e. The van der Waals surface area contributed by atoms with E-state index in [1.54, 1.807) is 24.3 Å². The molecule has 0 atom stereocenters. The van der Waals surface area contributed by atoms with E-state index in [2.05, 4.69) is 9.97 Å². The Morgan fingerprint density at radius 1 is 1.11 bits per heavy atom. The van der Waals surface area contributed by atoms with E-state index in [0.717, 1.165) is 11.1 Å². The molecule has 2 aromatic heterocycles. The van der Waals surface area contributed by atoms with Gasteiger partial charge in [-0.1, -0.05) is 53.7 Å². The molecule has 4 aromatic rings. The Hall–Kier alpha value is -2.41. The molecule has 1 N–H and O–H groups in total. The molecule has 0 saturated carbocycles. The molecule has 0 aliphatic rings. The van der Waals surface area contributed by atoms with Gasteiger partial charge in [-0.2, -0.15) is 0 Å². The van der Waals surface area contributed by atoms with Crippen LogP contribution in [0.25, 0.3) is 21.3 Å². The number of benzene rings is 2. The number of thioether (sulfide) groups is 1. The van der Waals surface area contributed by atoms with Crippen LogP contribution in [0.15, 0.2) is 69.9 Å². The number of thiophene rings is 1. The van der Waals surface area contributed by atoms with Gasteiger partial charge in [0.2, 0.25) is 0 Å². The number of hydrogen-bond donors (Lipinski definition) is 1. The van der Waals surface area contributed by atoms with Crippen molar-refractivity contribution in [1.29, 1.82) is 0 Å². The van der Waals surface area contributed by atoms with E-state index in [1.165, 1.54) is 23.1 Å². The third-order valence-electron chi connectivity index (χ3n) is 4.01. The highest BCUT2D eigenvalue weighted by Crippen LogP contribution is 2.31. The Kier molecular flexibility index (Phi) is 5.11. The summed E-state index contributed by atoms with van der Waals surface area (Å²) in [5, 5.41) is 3.55. The molecule has 0 radical (unpaired) electrons. The second kappa shape index (κ2) is 7.68. The van der Waals surface area contributed by atoms with Gasteiger partial charge in [0.05, 0.1) is 11.1 Å². The molecule has 27 heavy (non-hydrogen) atoms. The zero-order valence-corrected chi connectivity index (χ0v) is 16.3. The number of rotatable bonds is 5. The number of aromatic amines is 1. The Bertz CT molecular complexity index is 1170. The van der Waals surface area contributed by atoms with Crippen molar-refractivity contribution in [3.8, 4) is 11.1 Å². The molecule has 2 heterocycles. The number of nitrogens with one attached hydrogen (secondary N) is 1. The first-order chi connectivity index (χ1) is 13.1. The van der Waals surface area contributed by atoms with E-state index in [9.17, 15) is 9.59 Å². The van der Waals surface area contributed by atoms with Crippen molar-refractivity contribution < 1.29 is 4.79 Å². The molecule has 134 valence electrons. The monoisotopic (exact) mass is 412 g/mol. The normalized spacial score (nSPS) is 11.0.